The number of hydrogen-bond donors (Lipinski definition) is 3. The zero-order valence-corrected chi connectivity index (χ0v) is 16.0. The smallest absolute Gasteiger partial charge is 0.222 e. The van der Waals surface area contributed by atoms with Crippen molar-refractivity contribution in [2.45, 2.75) is 33.1 Å². The number of aromatic amines is 1. The monoisotopic (exact) mass is 374 g/mol. The van der Waals surface area contributed by atoms with E-state index in [1.54, 1.807) is 6.08 Å². The minimum Gasteiger partial charge on any atom is -0.356 e. The van der Waals surface area contributed by atoms with Gasteiger partial charge in [0, 0.05) is 25.6 Å². The van der Waals surface area contributed by atoms with E-state index < -0.39 is 0 Å². The topological polar surface area (TPSA) is 86.3 Å². The molecule has 6 nitrogen and oxygen atoms in total. The molecule has 1 aliphatic heterocycles. The van der Waals surface area contributed by atoms with E-state index in [-0.39, 0.29) is 11.7 Å². The first-order valence-corrected chi connectivity index (χ1v) is 9.47. The van der Waals surface area contributed by atoms with Gasteiger partial charge >= 0.3 is 0 Å². The number of ketones is 1. The van der Waals surface area contributed by atoms with Crippen molar-refractivity contribution in [3.05, 3.63) is 58.4 Å². The Labute approximate surface area is 163 Å². The number of aromatic nitrogens is 1. The van der Waals surface area contributed by atoms with Gasteiger partial charge in [-0.1, -0.05) is 18.7 Å². The van der Waals surface area contributed by atoms with E-state index in [9.17, 15) is 9.59 Å². The Bertz CT molecular complexity index is 1050. The third-order valence-electron chi connectivity index (χ3n) is 4.95. The first kappa shape index (κ1) is 18.1. The van der Waals surface area contributed by atoms with E-state index in [4.69, 9.17) is 0 Å². The van der Waals surface area contributed by atoms with Gasteiger partial charge in [-0.3, -0.25) is 14.6 Å². The number of fused-ring (bicyclic) bond motifs is 1. The van der Waals surface area contributed by atoms with Crippen molar-refractivity contribution in [3.63, 3.8) is 0 Å². The lowest BCUT2D eigenvalue weighted by Gasteiger charge is -2.18. The lowest BCUT2D eigenvalue weighted by Crippen LogP contribution is -2.28. The molecule has 0 bridgehead atoms. The van der Waals surface area contributed by atoms with Gasteiger partial charge in [-0.2, -0.15) is 0 Å². The fourth-order valence-electron chi connectivity index (χ4n) is 3.81. The highest BCUT2D eigenvalue weighted by atomic mass is 16.1. The third-order valence-corrected chi connectivity index (χ3v) is 4.95. The maximum absolute atomic E-state index is 12.8. The van der Waals surface area contributed by atoms with Crippen molar-refractivity contribution in [2.75, 3.05) is 11.9 Å². The molecule has 3 N–H and O–H groups in total. The summed E-state index contributed by atoms with van der Waals surface area (Å²) in [6.07, 6.45) is 9.54. The molecule has 1 amide bonds. The summed E-state index contributed by atoms with van der Waals surface area (Å²) in [5, 5.41) is 6.12. The predicted molar refractivity (Wildman–Crippen MR) is 109 cm³/mol. The molecule has 142 valence electrons. The van der Waals surface area contributed by atoms with Gasteiger partial charge in [0.15, 0.2) is 5.78 Å². The van der Waals surface area contributed by atoms with Gasteiger partial charge in [0.2, 0.25) is 5.91 Å². The van der Waals surface area contributed by atoms with E-state index in [0.29, 0.717) is 24.7 Å². The first-order chi connectivity index (χ1) is 13.5. The lowest BCUT2D eigenvalue weighted by molar-refractivity contribution is -0.117. The Morgan fingerprint density at radius 1 is 1.36 bits per heavy atom. The summed E-state index contributed by atoms with van der Waals surface area (Å²) in [4.78, 5) is 32.1. The molecule has 0 fully saturated rings. The zero-order chi connectivity index (χ0) is 19.7. The van der Waals surface area contributed by atoms with E-state index in [0.717, 1.165) is 46.8 Å². The van der Waals surface area contributed by atoms with Gasteiger partial charge in [0.25, 0.3) is 0 Å². The van der Waals surface area contributed by atoms with Gasteiger partial charge < -0.3 is 15.6 Å². The van der Waals surface area contributed by atoms with Crippen LogP contribution in [0.4, 0.5) is 5.69 Å². The molecule has 2 aliphatic carbocycles. The summed E-state index contributed by atoms with van der Waals surface area (Å²) in [7, 11) is 0. The van der Waals surface area contributed by atoms with Gasteiger partial charge in [-0.05, 0) is 48.3 Å². The highest BCUT2D eigenvalue weighted by molar-refractivity contribution is 6.10. The molecule has 4 rings (SSSR count). The standard InChI is InChI=1S/C22H22N4O2/c1-13-10-17-20(18(28)11-13)22(25-16-6-4-3-5-7-16)21(26-17)15-8-9-23-19(12-15)24-14(2)27/h3-4,6,12-13,25-26H,8-11H2,1-2H3,(H,23,24,27). The molecule has 0 radical (unpaired) electrons. The Morgan fingerprint density at radius 2 is 2.21 bits per heavy atom. The van der Waals surface area contributed by atoms with Crippen LogP contribution in [0.5, 0.6) is 0 Å². The number of nitrogens with zero attached hydrogens (tertiary/aromatic N) is 1. The van der Waals surface area contributed by atoms with Crippen LogP contribution in [0.2, 0.25) is 0 Å². The number of nitrogens with one attached hydrogen (secondary N) is 3. The SMILES string of the molecule is CC(=O)NC1=NCCC(c2[nH]c3c(c2NC2=C=C=CC=C2)C(=O)CC(C)C3)=C1. The second kappa shape index (κ2) is 7.35. The Hall–Kier alpha value is -3.33. The highest BCUT2D eigenvalue weighted by Crippen LogP contribution is 2.38. The van der Waals surface area contributed by atoms with Gasteiger partial charge in [-0.15, -0.1) is 0 Å². The number of amides is 1. The van der Waals surface area contributed by atoms with Crippen LogP contribution in [-0.2, 0) is 11.2 Å². The number of allylic oxidation sites excluding steroid dienone is 3. The van der Waals surface area contributed by atoms with E-state index in [2.05, 4.69) is 39.0 Å². The van der Waals surface area contributed by atoms with Gasteiger partial charge in [0.1, 0.15) is 5.84 Å². The number of rotatable bonds is 3. The molecule has 1 aromatic heterocycles. The lowest BCUT2D eigenvalue weighted by atomic mass is 9.87. The number of H-pyrrole nitrogens is 1. The van der Waals surface area contributed by atoms with E-state index >= 15 is 0 Å². The molecule has 1 atom stereocenters. The van der Waals surface area contributed by atoms with Crippen LogP contribution in [0.1, 0.15) is 48.4 Å². The fourth-order valence-corrected chi connectivity index (χ4v) is 3.81. The third kappa shape index (κ3) is 3.56. The number of hydrogen-bond acceptors (Lipinski definition) is 4. The molecule has 1 unspecified atom stereocenters. The van der Waals surface area contributed by atoms with Crippen molar-refractivity contribution >= 4 is 28.8 Å². The molecule has 1 aromatic rings. The van der Waals surface area contributed by atoms with Crippen LogP contribution >= 0.6 is 0 Å². The second-order valence-electron chi connectivity index (χ2n) is 7.37. The number of Topliss-reactive ketones (excluding diaryl/α,β-unsaturated/α-hetero) is 1. The summed E-state index contributed by atoms with van der Waals surface area (Å²) in [5.41, 5.74) is 11.1. The average Bonchev–Trinajstić information content (AvgIpc) is 3.00. The Morgan fingerprint density at radius 3 is 2.96 bits per heavy atom. The molecule has 2 heterocycles. The van der Waals surface area contributed by atoms with Crippen molar-refractivity contribution in [2.24, 2.45) is 10.9 Å². The molecule has 6 heteroatoms. The van der Waals surface area contributed by atoms with Crippen LogP contribution < -0.4 is 10.6 Å². The summed E-state index contributed by atoms with van der Waals surface area (Å²) in [6.45, 7) is 4.14. The number of dihydropyridines is 1. The van der Waals surface area contributed by atoms with Crippen molar-refractivity contribution in [1.82, 2.24) is 10.3 Å². The molecule has 0 saturated carbocycles. The molecule has 0 saturated heterocycles. The summed E-state index contributed by atoms with van der Waals surface area (Å²) in [5.74, 6) is 0.851. The van der Waals surface area contributed by atoms with Crippen LogP contribution in [0.3, 0.4) is 0 Å². The van der Waals surface area contributed by atoms with Gasteiger partial charge in [0.05, 0.1) is 22.6 Å². The summed E-state index contributed by atoms with van der Waals surface area (Å²) >= 11 is 0. The van der Waals surface area contributed by atoms with Crippen LogP contribution in [0.15, 0.2) is 46.5 Å². The minimum atomic E-state index is -0.154. The number of amidine groups is 1. The first-order valence-electron chi connectivity index (χ1n) is 9.47. The number of anilines is 1. The summed E-state index contributed by atoms with van der Waals surface area (Å²) < 4.78 is 0. The van der Waals surface area contributed by atoms with Crippen molar-refractivity contribution in [1.29, 1.82) is 0 Å². The second-order valence-corrected chi connectivity index (χ2v) is 7.37. The quantitative estimate of drug-likeness (QED) is 0.710. The minimum absolute atomic E-state index is 0.144. The Kier molecular flexibility index (Phi) is 4.74. The number of carbonyl (C=O) groups is 2. The molecule has 28 heavy (non-hydrogen) atoms. The fraction of sp³-hybridized carbons (Fsp3) is 0.318. The van der Waals surface area contributed by atoms with E-state index in [1.165, 1.54) is 6.92 Å². The largest absolute Gasteiger partial charge is 0.356 e. The van der Waals surface area contributed by atoms with Crippen molar-refractivity contribution < 1.29 is 9.59 Å². The molecule has 0 aromatic carbocycles. The van der Waals surface area contributed by atoms with Crippen LogP contribution in [-0.4, -0.2) is 29.1 Å². The Balaban J connectivity index is 1.80. The van der Waals surface area contributed by atoms with Gasteiger partial charge in [-0.25, -0.2) is 0 Å². The van der Waals surface area contributed by atoms with E-state index in [1.807, 2.05) is 18.2 Å². The average molecular weight is 374 g/mol. The molecule has 3 aliphatic rings. The maximum Gasteiger partial charge on any atom is 0.222 e. The number of carbonyl (C=O) groups excluding carboxylic acids is 2. The predicted octanol–water partition coefficient (Wildman–Crippen LogP) is 3.28. The number of aliphatic imine (C=N–C) groups is 1. The zero-order valence-electron chi connectivity index (χ0n) is 16.0. The normalized spacial score (nSPS) is 20.3. The summed E-state index contributed by atoms with van der Waals surface area (Å²) in [6, 6.07) is 0. The van der Waals surface area contributed by atoms with Crippen LogP contribution in [0.25, 0.3) is 5.57 Å². The molecular formula is C22H22N4O2. The molecule has 0 spiro atoms. The van der Waals surface area contributed by atoms with Crippen molar-refractivity contribution in [3.8, 4) is 0 Å². The maximum atomic E-state index is 12.8. The highest BCUT2D eigenvalue weighted by Gasteiger charge is 2.31. The van der Waals surface area contributed by atoms with Crippen LogP contribution in [0, 0.1) is 5.92 Å². The molecular weight excluding hydrogens is 352 g/mol.